The highest BCUT2D eigenvalue weighted by Gasteiger charge is 2.27. The third kappa shape index (κ3) is 3.95. The van der Waals surface area contributed by atoms with Crippen LogP contribution >= 0.6 is 0 Å². The molecule has 0 heterocycles. The van der Waals surface area contributed by atoms with E-state index in [0.29, 0.717) is 6.04 Å². The molecule has 1 saturated carbocycles. The summed E-state index contributed by atoms with van der Waals surface area (Å²) in [7, 11) is 1.73. The Labute approximate surface area is 116 Å². The molecule has 2 rings (SSSR count). The number of para-hydroxylation sites is 1. The van der Waals surface area contributed by atoms with Crippen LogP contribution in [0.1, 0.15) is 38.3 Å². The molecule has 3 heteroatoms. The zero-order chi connectivity index (χ0) is 13.7. The maximum atomic E-state index is 5.41. The van der Waals surface area contributed by atoms with Crippen molar-refractivity contribution >= 4 is 0 Å². The third-order valence-corrected chi connectivity index (χ3v) is 3.92. The lowest BCUT2D eigenvalue weighted by Crippen LogP contribution is -2.34. The van der Waals surface area contributed by atoms with E-state index >= 15 is 0 Å². The predicted molar refractivity (Wildman–Crippen MR) is 79.7 cm³/mol. The van der Waals surface area contributed by atoms with Crippen LogP contribution in [0, 0.1) is 0 Å². The Kier molecular flexibility index (Phi) is 5.23. The Hall–Kier alpha value is -1.06. The zero-order valence-corrected chi connectivity index (χ0v) is 12.4. The van der Waals surface area contributed by atoms with Crippen LogP contribution in [0.25, 0.3) is 0 Å². The summed E-state index contributed by atoms with van der Waals surface area (Å²) in [5.74, 6) is 0.969. The fourth-order valence-corrected chi connectivity index (χ4v) is 2.60. The lowest BCUT2D eigenvalue weighted by Gasteiger charge is -2.22. The van der Waals surface area contributed by atoms with Crippen LogP contribution < -0.4 is 10.1 Å². The summed E-state index contributed by atoms with van der Waals surface area (Å²) < 4.78 is 5.41. The van der Waals surface area contributed by atoms with Crippen molar-refractivity contribution in [3.63, 3.8) is 0 Å². The first-order valence-electron chi connectivity index (χ1n) is 7.36. The molecule has 1 aliphatic rings. The fourth-order valence-electron chi connectivity index (χ4n) is 2.60. The Balaban J connectivity index is 1.81. The Bertz CT molecular complexity index is 390. The fraction of sp³-hybridized carbons (Fsp3) is 0.625. The van der Waals surface area contributed by atoms with Gasteiger partial charge in [-0.3, -0.25) is 4.90 Å². The Morgan fingerprint density at radius 1 is 1.37 bits per heavy atom. The zero-order valence-electron chi connectivity index (χ0n) is 12.4. The van der Waals surface area contributed by atoms with E-state index in [-0.39, 0.29) is 0 Å². The van der Waals surface area contributed by atoms with Crippen molar-refractivity contribution in [2.45, 2.75) is 38.8 Å². The number of likely N-dealkylation sites (N-methyl/N-ethyl adjacent to an activating group) is 1. The minimum Gasteiger partial charge on any atom is -0.496 e. The minimum atomic E-state index is 0.328. The second-order valence-electron chi connectivity index (χ2n) is 5.28. The monoisotopic (exact) mass is 262 g/mol. The van der Waals surface area contributed by atoms with Crippen molar-refractivity contribution in [2.24, 2.45) is 0 Å². The van der Waals surface area contributed by atoms with Gasteiger partial charge in [0.1, 0.15) is 5.75 Å². The SMILES string of the molecule is CCN(CCNC(C)c1ccccc1OC)C1CC1. The molecule has 0 amide bonds. The van der Waals surface area contributed by atoms with Gasteiger partial charge in [0.2, 0.25) is 0 Å². The van der Waals surface area contributed by atoms with Crippen LogP contribution in [-0.2, 0) is 0 Å². The third-order valence-electron chi connectivity index (χ3n) is 3.92. The summed E-state index contributed by atoms with van der Waals surface area (Å²) in [5.41, 5.74) is 1.24. The second-order valence-corrected chi connectivity index (χ2v) is 5.28. The lowest BCUT2D eigenvalue weighted by molar-refractivity contribution is 0.273. The number of nitrogens with one attached hydrogen (secondary N) is 1. The van der Waals surface area contributed by atoms with Crippen LogP contribution in [0.15, 0.2) is 24.3 Å². The van der Waals surface area contributed by atoms with E-state index in [0.717, 1.165) is 31.4 Å². The number of methoxy groups -OCH3 is 1. The molecule has 0 aromatic heterocycles. The minimum absolute atomic E-state index is 0.328. The van der Waals surface area contributed by atoms with E-state index in [1.54, 1.807) is 7.11 Å². The number of ether oxygens (including phenoxy) is 1. The molecule has 1 atom stereocenters. The van der Waals surface area contributed by atoms with Gasteiger partial charge in [-0.1, -0.05) is 25.1 Å². The molecule has 1 N–H and O–H groups in total. The van der Waals surface area contributed by atoms with Gasteiger partial charge in [-0.15, -0.1) is 0 Å². The number of rotatable bonds is 8. The lowest BCUT2D eigenvalue weighted by atomic mass is 10.1. The largest absolute Gasteiger partial charge is 0.496 e. The van der Waals surface area contributed by atoms with Crippen molar-refractivity contribution < 1.29 is 4.74 Å². The van der Waals surface area contributed by atoms with Crippen molar-refractivity contribution in [2.75, 3.05) is 26.7 Å². The summed E-state index contributed by atoms with van der Waals surface area (Å²) in [4.78, 5) is 2.57. The molecule has 0 saturated heterocycles. The molecule has 0 aliphatic heterocycles. The summed E-state index contributed by atoms with van der Waals surface area (Å²) >= 11 is 0. The van der Waals surface area contributed by atoms with Crippen molar-refractivity contribution in [1.29, 1.82) is 0 Å². The first-order chi connectivity index (χ1) is 9.26. The number of hydrogen-bond acceptors (Lipinski definition) is 3. The van der Waals surface area contributed by atoms with Crippen molar-refractivity contribution in [3.05, 3.63) is 29.8 Å². The molecule has 1 aromatic carbocycles. The molecule has 0 radical (unpaired) electrons. The normalized spacial score (nSPS) is 16.6. The average molecular weight is 262 g/mol. The van der Waals surface area contributed by atoms with Crippen LogP contribution in [0.2, 0.25) is 0 Å². The maximum absolute atomic E-state index is 5.41. The van der Waals surface area contributed by atoms with Crippen molar-refractivity contribution in [3.8, 4) is 5.75 Å². The molecule has 1 fully saturated rings. The maximum Gasteiger partial charge on any atom is 0.123 e. The Morgan fingerprint density at radius 3 is 2.74 bits per heavy atom. The van der Waals surface area contributed by atoms with E-state index in [1.165, 1.54) is 18.4 Å². The molecule has 1 aromatic rings. The smallest absolute Gasteiger partial charge is 0.123 e. The van der Waals surface area contributed by atoms with Gasteiger partial charge in [-0.05, 0) is 32.4 Å². The second kappa shape index (κ2) is 6.92. The highest BCUT2D eigenvalue weighted by atomic mass is 16.5. The van der Waals surface area contributed by atoms with E-state index in [1.807, 2.05) is 12.1 Å². The molecule has 3 nitrogen and oxygen atoms in total. The first-order valence-corrected chi connectivity index (χ1v) is 7.36. The predicted octanol–water partition coefficient (Wildman–Crippen LogP) is 2.83. The molecular formula is C16H26N2O. The van der Waals surface area contributed by atoms with Gasteiger partial charge < -0.3 is 10.1 Å². The van der Waals surface area contributed by atoms with Gasteiger partial charge in [0.25, 0.3) is 0 Å². The van der Waals surface area contributed by atoms with Crippen LogP contribution in [0.3, 0.4) is 0 Å². The number of nitrogens with zero attached hydrogens (tertiary/aromatic N) is 1. The quantitative estimate of drug-likeness (QED) is 0.779. The number of hydrogen-bond donors (Lipinski definition) is 1. The molecule has 106 valence electrons. The van der Waals surface area contributed by atoms with Crippen LogP contribution in [0.4, 0.5) is 0 Å². The summed E-state index contributed by atoms with van der Waals surface area (Å²) in [5, 5.41) is 3.60. The highest BCUT2D eigenvalue weighted by Crippen LogP contribution is 2.26. The standard InChI is InChI=1S/C16H26N2O/c1-4-18(14-9-10-14)12-11-17-13(2)15-7-5-6-8-16(15)19-3/h5-8,13-14,17H,4,9-12H2,1-3H3. The molecule has 1 unspecified atom stereocenters. The molecular weight excluding hydrogens is 236 g/mol. The van der Waals surface area contributed by atoms with Gasteiger partial charge in [-0.2, -0.15) is 0 Å². The van der Waals surface area contributed by atoms with E-state index < -0.39 is 0 Å². The summed E-state index contributed by atoms with van der Waals surface area (Å²) in [6, 6.07) is 9.42. The van der Waals surface area contributed by atoms with E-state index in [2.05, 4.69) is 36.2 Å². The molecule has 19 heavy (non-hydrogen) atoms. The average Bonchev–Trinajstić information content (AvgIpc) is 3.28. The van der Waals surface area contributed by atoms with Crippen LogP contribution in [0.5, 0.6) is 5.75 Å². The summed E-state index contributed by atoms with van der Waals surface area (Å²) in [6.07, 6.45) is 2.77. The highest BCUT2D eigenvalue weighted by molar-refractivity contribution is 5.35. The van der Waals surface area contributed by atoms with Gasteiger partial charge in [0.15, 0.2) is 0 Å². The molecule has 0 spiro atoms. The molecule has 0 bridgehead atoms. The topological polar surface area (TPSA) is 24.5 Å². The van der Waals surface area contributed by atoms with Gasteiger partial charge >= 0.3 is 0 Å². The van der Waals surface area contributed by atoms with E-state index in [9.17, 15) is 0 Å². The summed E-state index contributed by atoms with van der Waals surface area (Å²) in [6.45, 7) is 7.78. The number of benzene rings is 1. The van der Waals surface area contributed by atoms with Gasteiger partial charge in [0, 0.05) is 30.7 Å². The first kappa shape index (κ1) is 14.4. The molecule has 1 aliphatic carbocycles. The van der Waals surface area contributed by atoms with E-state index in [4.69, 9.17) is 4.74 Å². The van der Waals surface area contributed by atoms with Crippen molar-refractivity contribution in [1.82, 2.24) is 10.2 Å². The van der Waals surface area contributed by atoms with Gasteiger partial charge in [0.05, 0.1) is 7.11 Å². The van der Waals surface area contributed by atoms with Crippen LogP contribution in [-0.4, -0.2) is 37.7 Å². The van der Waals surface area contributed by atoms with Gasteiger partial charge in [-0.25, -0.2) is 0 Å². The Morgan fingerprint density at radius 2 is 2.11 bits per heavy atom.